The first-order valence-electron chi connectivity index (χ1n) is 8.53. The minimum Gasteiger partial charge on any atom is -0.496 e. The molecule has 2 aromatic heterocycles. The van der Waals surface area contributed by atoms with Crippen LogP contribution in [-0.2, 0) is 0 Å². The molecule has 2 heterocycles. The third kappa shape index (κ3) is 3.59. The van der Waals surface area contributed by atoms with E-state index in [1.165, 1.54) is 6.20 Å². The van der Waals surface area contributed by atoms with Crippen LogP contribution in [0, 0.1) is 0 Å². The van der Waals surface area contributed by atoms with Crippen LogP contribution in [0.2, 0.25) is 0 Å². The maximum Gasteiger partial charge on any atom is 0.258 e. The number of hydrogen-bond donors (Lipinski definition) is 1. The van der Waals surface area contributed by atoms with E-state index in [4.69, 9.17) is 9.26 Å². The van der Waals surface area contributed by atoms with Crippen LogP contribution in [0.3, 0.4) is 0 Å². The highest BCUT2D eigenvalue weighted by atomic mass is 16.5. The molecule has 0 spiro atoms. The normalized spacial score (nSPS) is 10.5. The van der Waals surface area contributed by atoms with Gasteiger partial charge in [0, 0.05) is 23.6 Å². The van der Waals surface area contributed by atoms with Gasteiger partial charge in [0.05, 0.1) is 18.2 Å². The molecule has 0 saturated carbocycles. The van der Waals surface area contributed by atoms with Gasteiger partial charge in [0.25, 0.3) is 11.8 Å². The Morgan fingerprint density at radius 1 is 1.07 bits per heavy atom. The Morgan fingerprint density at radius 3 is 2.79 bits per heavy atom. The fourth-order valence-corrected chi connectivity index (χ4v) is 2.71. The fourth-order valence-electron chi connectivity index (χ4n) is 2.71. The van der Waals surface area contributed by atoms with Crippen LogP contribution in [0.1, 0.15) is 10.4 Å². The average molecular weight is 372 g/mol. The highest BCUT2D eigenvalue weighted by Crippen LogP contribution is 2.29. The lowest BCUT2D eigenvalue weighted by molar-refractivity contribution is 0.102. The number of carbonyl (C=O) groups is 1. The lowest BCUT2D eigenvalue weighted by atomic mass is 10.1. The van der Waals surface area contributed by atoms with Crippen LogP contribution in [0.25, 0.3) is 22.8 Å². The molecule has 4 rings (SSSR count). The van der Waals surface area contributed by atoms with Gasteiger partial charge in [-0.3, -0.25) is 9.78 Å². The molecule has 0 aliphatic carbocycles. The molecule has 1 N–H and O–H groups in total. The average Bonchev–Trinajstić information content (AvgIpc) is 3.25. The zero-order valence-corrected chi connectivity index (χ0v) is 15.0. The number of aromatic nitrogens is 3. The predicted molar refractivity (Wildman–Crippen MR) is 104 cm³/mol. The molecule has 0 unspecified atom stereocenters. The van der Waals surface area contributed by atoms with Crippen molar-refractivity contribution in [2.24, 2.45) is 0 Å². The summed E-state index contributed by atoms with van der Waals surface area (Å²) in [5.74, 6) is 1.19. The van der Waals surface area contributed by atoms with Crippen LogP contribution in [0.5, 0.6) is 5.75 Å². The number of nitrogens with one attached hydrogen (secondary N) is 1. The molecule has 1 amide bonds. The van der Waals surface area contributed by atoms with Crippen molar-refractivity contribution in [2.45, 2.75) is 0 Å². The zero-order valence-electron chi connectivity index (χ0n) is 15.0. The quantitative estimate of drug-likeness (QED) is 0.568. The van der Waals surface area contributed by atoms with Crippen molar-refractivity contribution in [3.63, 3.8) is 0 Å². The highest BCUT2D eigenvalue weighted by Gasteiger charge is 2.15. The Labute approximate surface area is 161 Å². The Balaban J connectivity index is 1.58. The summed E-state index contributed by atoms with van der Waals surface area (Å²) in [4.78, 5) is 20.7. The number of amides is 1. The number of anilines is 1. The van der Waals surface area contributed by atoms with Gasteiger partial charge in [-0.25, -0.2) is 0 Å². The van der Waals surface area contributed by atoms with Gasteiger partial charge < -0.3 is 14.6 Å². The van der Waals surface area contributed by atoms with Gasteiger partial charge >= 0.3 is 0 Å². The smallest absolute Gasteiger partial charge is 0.258 e. The standard InChI is InChI=1S/C21H16N4O3/c1-27-18-10-3-2-9-17(18)19-24-21(28-25-19)14-6-4-8-16(12-14)23-20(26)15-7-5-11-22-13-15/h2-13H,1H3,(H,23,26). The maximum atomic E-state index is 12.3. The molecule has 0 aliphatic rings. The molecule has 0 atom stereocenters. The second-order valence-electron chi connectivity index (χ2n) is 5.90. The van der Waals surface area contributed by atoms with Crippen molar-refractivity contribution in [1.29, 1.82) is 0 Å². The predicted octanol–water partition coefficient (Wildman–Crippen LogP) is 4.06. The monoisotopic (exact) mass is 372 g/mol. The first kappa shape index (κ1) is 17.4. The number of rotatable bonds is 5. The Bertz CT molecular complexity index is 1110. The van der Waals surface area contributed by atoms with E-state index >= 15 is 0 Å². The summed E-state index contributed by atoms with van der Waals surface area (Å²) in [6, 6.07) is 18.1. The molecule has 28 heavy (non-hydrogen) atoms. The molecule has 2 aromatic carbocycles. The molecule has 4 aromatic rings. The number of methoxy groups -OCH3 is 1. The van der Waals surface area contributed by atoms with E-state index in [0.717, 1.165) is 5.56 Å². The lowest BCUT2D eigenvalue weighted by Gasteiger charge is -2.05. The fraction of sp³-hybridized carbons (Fsp3) is 0.0476. The van der Waals surface area contributed by atoms with Gasteiger partial charge in [-0.15, -0.1) is 0 Å². The summed E-state index contributed by atoms with van der Waals surface area (Å²) in [6.45, 7) is 0. The lowest BCUT2D eigenvalue weighted by Crippen LogP contribution is -2.11. The van der Waals surface area contributed by atoms with Crippen LogP contribution >= 0.6 is 0 Å². The number of nitrogens with zero attached hydrogens (tertiary/aromatic N) is 3. The molecule has 0 fully saturated rings. The van der Waals surface area contributed by atoms with Crippen LogP contribution in [-0.4, -0.2) is 28.1 Å². The summed E-state index contributed by atoms with van der Waals surface area (Å²) in [5, 5.41) is 6.88. The number of carbonyl (C=O) groups excluding carboxylic acids is 1. The van der Waals surface area contributed by atoms with Gasteiger partial charge in [-0.2, -0.15) is 4.98 Å². The van der Waals surface area contributed by atoms with Crippen molar-refractivity contribution >= 4 is 11.6 Å². The molecule has 0 aliphatic heterocycles. The summed E-state index contributed by atoms with van der Waals surface area (Å²) in [6.07, 6.45) is 3.13. The first-order chi connectivity index (χ1) is 13.7. The van der Waals surface area contributed by atoms with E-state index in [2.05, 4.69) is 20.4 Å². The van der Waals surface area contributed by atoms with Gasteiger partial charge in [0.2, 0.25) is 5.82 Å². The largest absolute Gasteiger partial charge is 0.496 e. The third-order valence-electron chi connectivity index (χ3n) is 4.07. The number of hydrogen-bond acceptors (Lipinski definition) is 6. The van der Waals surface area contributed by atoms with Gasteiger partial charge in [0.15, 0.2) is 0 Å². The Kier molecular flexibility index (Phi) is 4.79. The molecular formula is C21H16N4O3. The molecule has 7 nitrogen and oxygen atoms in total. The van der Waals surface area contributed by atoms with Crippen molar-refractivity contribution in [3.8, 4) is 28.6 Å². The molecule has 0 radical (unpaired) electrons. The van der Waals surface area contributed by atoms with Gasteiger partial charge in [-0.05, 0) is 42.5 Å². The molecule has 0 saturated heterocycles. The zero-order chi connectivity index (χ0) is 19.3. The van der Waals surface area contributed by atoms with Crippen LogP contribution < -0.4 is 10.1 Å². The van der Waals surface area contributed by atoms with E-state index < -0.39 is 0 Å². The number of ether oxygens (including phenoxy) is 1. The SMILES string of the molecule is COc1ccccc1-c1noc(-c2cccc(NC(=O)c3cccnc3)c2)n1. The van der Waals surface area contributed by atoms with Crippen molar-refractivity contribution in [1.82, 2.24) is 15.1 Å². The first-order valence-corrected chi connectivity index (χ1v) is 8.53. The van der Waals surface area contributed by atoms with Gasteiger partial charge in [-0.1, -0.05) is 23.4 Å². The topological polar surface area (TPSA) is 90.1 Å². The summed E-state index contributed by atoms with van der Waals surface area (Å²) < 4.78 is 10.8. The van der Waals surface area contributed by atoms with E-state index in [1.54, 1.807) is 43.6 Å². The Hall–Kier alpha value is -4.00. The molecule has 138 valence electrons. The van der Waals surface area contributed by atoms with Crippen LogP contribution in [0.4, 0.5) is 5.69 Å². The summed E-state index contributed by atoms with van der Waals surface area (Å²) in [7, 11) is 1.59. The molecule has 7 heteroatoms. The second kappa shape index (κ2) is 7.71. The van der Waals surface area contributed by atoms with E-state index in [9.17, 15) is 4.79 Å². The number of para-hydroxylation sites is 1. The second-order valence-corrected chi connectivity index (χ2v) is 5.90. The minimum atomic E-state index is -0.245. The molecular weight excluding hydrogens is 356 g/mol. The summed E-state index contributed by atoms with van der Waals surface area (Å²) in [5.41, 5.74) is 2.52. The van der Waals surface area contributed by atoms with E-state index in [-0.39, 0.29) is 5.91 Å². The van der Waals surface area contributed by atoms with Crippen molar-refractivity contribution in [2.75, 3.05) is 12.4 Å². The number of benzene rings is 2. The minimum absolute atomic E-state index is 0.245. The third-order valence-corrected chi connectivity index (χ3v) is 4.07. The Morgan fingerprint density at radius 2 is 1.96 bits per heavy atom. The summed E-state index contributed by atoms with van der Waals surface area (Å²) >= 11 is 0. The van der Waals surface area contributed by atoms with Crippen molar-refractivity contribution < 1.29 is 14.1 Å². The van der Waals surface area contributed by atoms with E-state index in [1.807, 2.05) is 30.3 Å². The van der Waals surface area contributed by atoms with E-state index in [0.29, 0.717) is 34.3 Å². The van der Waals surface area contributed by atoms with Crippen molar-refractivity contribution in [3.05, 3.63) is 78.6 Å². The molecule has 0 bridgehead atoms. The highest BCUT2D eigenvalue weighted by molar-refractivity contribution is 6.04. The maximum absolute atomic E-state index is 12.3. The van der Waals surface area contributed by atoms with Gasteiger partial charge in [0.1, 0.15) is 5.75 Å². The van der Waals surface area contributed by atoms with Crippen LogP contribution in [0.15, 0.2) is 77.6 Å². The number of pyridine rings is 1.